The molecule has 0 bridgehead atoms. The van der Waals surface area contributed by atoms with E-state index in [2.05, 4.69) is 0 Å². The summed E-state index contributed by atoms with van der Waals surface area (Å²) in [4.78, 5) is 24.1. The zero-order chi connectivity index (χ0) is 14.7. The van der Waals surface area contributed by atoms with Crippen LogP contribution in [0.1, 0.15) is 12.1 Å². The number of hydrogen-bond donors (Lipinski definition) is 1. The van der Waals surface area contributed by atoms with Crippen LogP contribution in [0.3, 0.4) is 0 Å². The molecular weight excluding hydrogens is 256 g/mol. The van der Waals surface area contributed by atoms with Crippen molar-refractivity contribution in [2.24, 2.45) is 0 Å². The molecule has 106 valence electrons. The molecule has 0 spiro atoms. The van der Waals surface area contributed by atoms with Gasteiger partial charge >= 0.3 is 5.97 Å². The van der Waals surface area contributed by atoms with Crippen molar-refractivity contribution in [3.05, 3.63) is 36.0 Å². The first kappa shape index (κ1) is 14.1. The van der Waals surface area contributed by atoms with Gasteiger partial charge in [-0.05, 0) is 24.4 Å². The van der Waals surface area contributed by atoms with Crippen LogP contribution in [0.2, 0.25) is 0 Å². The third kappa shape index (κ3) is 2.99. The van der Waals surface area contributed by atoms with Crippen LogP contribution < -0.4 is 0 Å². The zero-order valence-corrected chi connectivity index (χ0v) is 11.7. The number of nitrogens with zero attached hydrogens (tertiary/aromatic N) is 2. The second-order valence-electron chi connectivity index (χ2n) is 4.89. The molecule has 0 aliphatic carbocycles. The van der Waals surface area contributed by atoms with Crippen molar-refractivity contribution in [1.29, 1.82) is 0 Å². The van der Waals surface area contributed by atoms with Crippen LogP contribution in [0.4, 0.5) is 0 Å². The van der Waals surface area contributed by atoms with Crippen molar-refractivity contribution in [2.75, 3.05) is 13.6 Å². The first-order valence-corrected chi connectivity index (χ1v) is 6.49. The summed E-state index contributed by atoms with van der Waals surface area (Å²) in [5, 5.41) is 9.75. The van der Waals surface area contributed by atoms with Crippen LogP contribution in [0.25, 0.3) is 10.9 Å². The van der Waals surface area contributed by atoms with Gasteiger partial charge in [0.1, 0.15) is 6.54 Å². The number of rotatable bonds is 5. The van der Waals surface area contributed by atoms with Crippen molar-refractivity contribution in [2.45, 2.75) is 19.9 Å². The van der Waals surface area contributed by atoms with Crippen LogP contribution in [-0.2, 0) is 16.1 Å². The molecule has 1 amide bonds. The zero-order valence-electron chi connectivity index (χ0n) is 11.7. The Morgan fingerprint density at radius 1 is 1.30 bits per heavy atom. The number of aromatic nitrogens is 1. The van der Waals surface area contributed by atoms with Gasteiger partial charge in [-0.25, -0.2) is 0 Å². The quantitative estimate of drug-likeness (QED) is 0.905. The second-order valence-corrected chi connectivity index (χ2v) is 4.89. The number of likely N-dealkylation sites (N-methyl/N-ethyl adjacent to an activating group) is 1. The van der Waals surface area contributed by atoms with E-state index in [0.29, 0.717) is 0 Å². The number of aliphatic carboxylic acids is 1. The molecule has 1 heterocycles. The first-order valence-electron chi connectivity index (χ1n) is 6.49. The molecule has 2 rings (SSSR count). The lowest BCUT2D eigenvalue weighted by atomic mass is 10.2. The SMILES string of the molecule is Cc1cc2ccccc2n1CC(=O)N(C)CCC(=O)O. The van der Waals surface area contributed by atoms with E-state index in [9.17, 15) is 9.59 Å². The Kier molecular flexibility index (Phi) is 4.08. The number of benzene rings is 1. The molecule has 0 atom stereocenters. The lowest BCUT2D eigenvalue weighted by molar-refractivity contribution is -0.138. The molecule has 0 saturated carbocycles. The van der Waals surface area contributed by atoms with Crippen molar-refractivity contribution < 1.29 is 14.7 Å². The highest BCUT2D eigenvalue weighted by Gasteiger charge is 2.13. The first-order chi connectivity index (χ1) is 9.49. The van der Waals surface area contributed by atoms with Gasteiger partial charge in [0, 0.05) is 24.8 Å². The second kappa shape index (κ2) is 5.77. The summed E-state index contributed by atoms with van der Waals surface area (Å²) in [5.74, 6) is -0.983. The average molecular weight is 274 g/mol. The highest BCUT2D eigenvalue weighted by Crippen LogP contribution is 2.19. The Balaban J connectivity index is 2.13. The molecule has 5 heteroatoms. The maximum Gasteiger partial charge on any atom is 0.305 e. The minimum atomic E-state index is -0.896. The topological polar surface area (TPSA) is 62.5 Å². The van der Waals surface area contributed by atoms with Gasteiger partial charge in [-0.1, -0.05) is 18.2 Å². The van der Waals surface area contributed by atoms with Gasteiger partial charge in [0.2, 0.25) is 5.91 Å². The van der Waals surface area contributed by atoms with E-state index in [1.165, 1.54) is 4.90 Å². The van der Waals surface area contributed by atoms with E-state index in [1.54, 1.807) is 7.05 Å². The van der Waals surface area contributed by atoms with Crippen LogP contribution >= 0.6 is 0 Å². The number of hydrogen-bond acceptors (Lipinski definition) is 2. The van der Waals surface area contributed by atoms with Gasteiger partial charge < -0.3 is 14.6 Å². The fraction of sp³-hybridized carbons (Fsp3) is 0.333. The summed E-state index contributed by atoms with van der Waals surface area (Å²) >= 11 is 0. The molecule has 1 aromatic carbocycles. The highest BCUT2D eigenvalue weighted by molar-refractivity contribution is 5.84. The summed E-state index contributed by atoms with van der Waals surface area (Å²) in [7, 11) is 1.63. The Bertz CT molecular complexity index is 646. The molecule has 0 aliphatic heterocycles. The third-order valence-electron chi connectivity index (χ3n) is 3.40. The van der Waals surface area contributed by atoms with Crippen molar-refractivity contribution in [1.82, 2.24) is 9.47 Å². The van der Waals surface area contributed by atoms with Gasteiger partial charge in [0.05, 0.1) is 6.42 Å². The van der Waals surface area contributed by atoms with E-state index in [0.717, 1.165) is 16.6 Å². The maximum atomic E-state index is 12.1. The highest BCUT2D eigenvalue weighted by atomic mass is 16.4. The number of carbonyl (C=O) groups excluding carboxylic acids is 1. The third-order valence-corrected chi connectivity index (χ3v) is 3.40. The fourth-order valence-corrected chi connectivity index (χ4v) is 2.20. The Morgan fingerprint density at radius 3 is 2.70 bits per heavy atom. The molecule has 5 nitrogen and oxygen atoms in total. The summed E-state index contributed by atoms with van der Waals surface area (Å²) in [6.07, 6.45) is -0.0341. The largest absolute Gasteiger partial charge is 0.481 e. The Labute approximate surface area is 117 Å². The van der Waals surface area contributed by atoms with Crippen molar-refractivity contribution >= 4 is 22.8 Å². The maximum absolute atomic E-state index is 12.1. The molecule has 0 aliphatic rings. The molecule has 2 aromatic rings. The number of aryl methyl sites for hydroxylation is 1. The number of para-hydroxylation sites is 1. The van der Waals surface area contributed by atoms with E-state index < -0.39 is 5.97 Å². The molecule has 0 saturated heterocycles. The number of carbonyl (C=O) groups is 2. The Hall–Kier alpha value is -2.30. The molecule has 0 radical (unpaired) electrons. The monoisotopic (exact) mass is 274 g/mol. The van der Waals surface area contributed by atoms with E-state index in [-0.39, 0.29) is 25.4 Å². The molecule has 1 N–H and O–H groups in total. The predicted molar refractivity (Wildman–Crippen MR) is 76.6 cm³/mol. The van der Waals surface area contributed by atoms with Crippen LogP contribution in [0, 0.1) is 6.92 Å². The number of fused-ring (bicyclic) bond motifs is 1. The van der Waals surface area contributed by atoms with Crippen LogP contribution in [0.5, 0.6) is 0 Å². The number of amides is 1. The van der Waals surface area contributed by atoms with E-state index in [1.807, 2.05) is 41.8 Å². The minimum Gasteiger partial charge on any atom is -0.481 e. The Morgan fingerprint density at radius 2 is 2.00 bits per heavy atom. The number of carboxylic acid groups (broad SMARTS) is 1. The van der Waals surface area contributed by atoms with Crippen molar-refractivity contribution in [3.8, 4) is 0 Å². The van der Waals surface area contributed by atoms with Crippen LogP contribution in [-0.4, -0.2) is 40.0 Å². The van der Waals surface area contributed by atoms with E-state index in [4.69, 9.17) is 5.11 Å². The van der Waals surface area contributed by atoms with E-state index >= 15 is 0 Å². The van der Waals surface area contributed by atoms with Gasteiger partial charge in [-0.2, -0.15) is 0 Å². The minimum absolute atomic E-state index is 0.0341. The van der Waals surface area contributed by atoms with Crippen LogP contribution in [0.15, 0.2) is 30.3 Å². The lowest BCUT2D eigenvalue weighted by Crippen LogP contribution is -2.32. The predicted octanol–water partition coefficient (Wildman–Crippen LogP) is 1.88. The van der Waals surface area contributed by atoms with Gasteiger partial charge in [-0.15, -0.1) is 0 Å². The fourth-order valence-electron chi connectivity index (χ4n) is 2.20. The summed E-state index contributed by atoms with van der Waals surface area (Å²) in [6.45, 7) is 2.42. The van der Waals surface area contributed by atoms with Gasteiger partial charge in [-0.3, -0.25) is 9.59 Å². The molecular formula is C15H18N2O3. The lowest BCUT2D eigenvalue weighted by Gasteiger charge is -2.17. The molecule has 0 fully saturated rings. The summed E-state index contributed by atoms with van der Waals surface area (Å²) in [5.41, 5.74) is 2.04. The van der Waals surface area contributed by atoms with Gasteiger partial charge in [0.15, 0.2) is 0 Å². The summed E-state index contributed by atoms with van der Waals surface area (Å²) in [6, 6.07) is 9.94. The molecule has 0 unspecified atom stereocenters. The standard InChI is InChI=1S/C15H18N2O3/c1-11-9-12-5-3-4-6-13(12)17(11)10-14(18)16(2)8-7-15(19)20/h3-6,9H,7-8,10H2,1-2H3,(H,19,20). The normalized spacial score (nSPS) is 10.7. The average Bonchev–Trinajstić information content (AvgIpc) is 2.72. The van der Waals surface area contributed by atoms with Gasteiger partial charge in [0.25, 0.3) is 0 Å². The van der Waals surface area contributed by atoms with Crippen molar-refractivity contribution in [3.63, 3.8) is 0 Å². The smallest absolute Gasteiger partial charge is 0.305 e. The number of carboxylic acids is 1. The summed E-state index contributed by atoms with van der Waals surface area (Å²) < 4.78 is 1.95. The molecule has 1 aromatic heterocycles. The molecule has 20 heavy (non-hydrogen) atoms.